The van der Waals surface area contributed by atoms with Crippen molar-refractivity contribution in [3.8, 4) is 0 Å². The average molecular weight is 402 g/mol. The molecule has 1 aromatic rings. The molecular weight excluding hydrogens is 380 g/mol. The smallest absolute Gasteiger partial charge is 0.452 e. The van der Waals surface area contributed by atoms with Crippen molar-refractivity contribution < 1.29 is 33.3 Å². The highest BCUT2D eigenvalue weighted by Crippen LogP contribution is 2.41. The maximum absolute atomic E-state index is 12.3. The summed E-state index contributed by atoms with van der Waals surface area (Å²) in [5, 5.41) is 0. The van der Waals surface area contributed by atoms with Crippen LogP contribution in [0.5, 0.6) is 0 Å². The highest BCUT2D eigenvalue weighted by Gasteiger charge is 2.35. The lowest BCUT2D eigenvalue weighted by atomic mass is 9.95. The number of hydrogen-bond acceptors (Lipinski definition) is 7. The fourth-order valence-corrected chi connectivity index (χ4v) is 3.47. The number of methoxy groups -OCH3 is 3. The zero-order chi connectivity index (χ0) is 21.0. The summed E-state index contributed by atoms with van der Waals surface area (Å²) in [5.41, 5.74) is 2.46. The van der Waals surface area contributed by atoms with Crippen molar-refractivity contribution in [2.24, 2.45) is 0 Å². The van der Waals surface area contributed by atoms with Gasteiger partial charge in [-0.2, -0.15) is 0 Å². The summed E-state index contributed by atoms with van der Waals surface area (Å²) in [6.45, 7) is 0.424. The molecule has 1 unspecified atom stereocenters. The number of carbonyl (C=O) groups is 3. The van der Waals surface area contributed by atoms with E-state index in [2.05, 4.69) is 4.74 Å². The van der Waals surface area contributed by atoms with Gasteiger partial charge in [0.1, 0.15) is 5.76 Å². The van der Waals surface area contributed by atoms with E-state index in [1.165, 1.54) is 32.4 Å². The Kier molecular flexibility index (Phi) is 6.06. The molecule has 1 aromatic carbocycles. The maximum Gasteiger partial charge on any atom is 0.513 e. The van der Waals surface area contributed by atoms with Crippen LogP contribution in [-0.4, -0.2) is 51.1 Å². The fourth-order valence-electron chi connectivity index (χ4n) is 3.47. The van der Waals surface area contributed by atoms with Gasteiger partial charge in [-0.05, 0) is 18.1 Å². The summed E-state index contributed by atoms with van der Waals surface area (Å²) in [6, 6.07) is 7.58. The molecule has 154 valence electrons. The van der Waals surface area contributed by atoms with E-state index in [9.17, 15) is 14.4 Å². The lowest BCUT2D eigenvalue weighted by Gasteiger charge is -2.27. The summed E-state index contributed by atoms with van der Waals surface area (Å²) < 4.78 is 19.3. The zero-order valence-electron chi connectivity index (χ0n) is 16.4. The van der Waals surface area contributed by atoms with Gasteiger partial charge in [-0.15, -0.1) is 0 Å². The van der Waals surface area contributed by atoms with E-state index in [0.29, 0.717) is 25.1 Å². The van der Waals surface area contributed by atoms with Crippen molar-refractivity contribution >= 4 is 24.0 Å². The van der Waals surface area contributed by atoms with Gasteiger partial charge >= 0.3 is 18.3 Å². The van der Waals surface area contributed by atoms with E-state index >= 15 is 0 Å². The van der Waals surface area contributed by atoms with Crippen LogP contribution in [0, 0.1) is 0 Å². The number of anilines is 1. The largest absolute Gasteiger partial charge is 0.513 e. The Bertz CT molecular complexity index is 877. The van der Waals surface area contributed by atoms with Gasteiger partial charge in [0.2, 0.25) is 0 Å². The maximum atomic E-state index is 12.3. The Morgan fingerprint density at radius 2 is 1.76 bits per heavy atom. The van der Waals surface area contributed by atoms with Crippen LogP contribution in [0.25, 0.3) is 0 Å². The van der Waals surface area contributed by atoms with E-state index in [1.54, 1.807) is 11.0 Å². The van der Waals surface area contributed by atoms with Crippen LogP contribution in [0.1, 0.15) is 24.3 Å². The number of hydrogen-bond donors (Lipinski definition) is 0. The summed E-state index contributed by atoms with van der Waals surface area (Å²) in [5.74, 6) is 0.217. The van der Waals surface area contributed by atoms with E-state index in [1.807, 2.05) is 24.3 Å². The predicted octanol–water partition coefficient (Wildman–Crippen LogP) is 3.73. The molecule has 2 aliphatic rings. The first kappa shape index (κ1) is 20.2. The third-order valence-electron chi connectivity index (χ3n) is 4.79. The van der Waals surface area contributed by atoms with Gasteiger partial charge in [-0.1, -0.05) is 24.3 Å². The summed E-state index contributed by atoms with van der Waals surface area (Å²) in [6.07, 6.45) is 2.08. The molecule has 0 bridgehead atoms. The molecule has 0 N–H and O–H groups in total. The Hall–Kier alpha value is -3.49. The molecule has 29 heavy (non-hydrogen) atoms. The van der Waals surface area contributed by atoms with Gasteiger partial charge in [0, 0.05) is 24.6 Å². The van der Waals surface area contributed by atoms with Gasteiger partial charge in [-0.25, -0.2) is 14.4 Å². The molecular formula is C20H22N2O7. The lowest BCUT2D eigenvalue weighted by molar-refractivity contribution is 0.0926. The highest BCUT2D eigenvalue weighted by molar-refractivity contribution is 5.90. The predicted molar refractivity (Wildman–Crippen MR) is 102 cm³/mol. The number of nitrogens with zero attached hydrogens (tertiary/aromatic N) is 2. The third kappa shape index (κ3) is 4.18. The number of ether oxygens (including phenoxy) is 4. The summed E-state index contributed by atoms with van der Waals surface area (Å²) in [7, 11) is 3.82. The number of fused-ring (bicyclic) bond motifs is 1. The van der Waals surface area contributed by atoms with Crippen molar-refractivity contribution in [3.05, 3.63) is 53.6 Å². The number of allylic oxidation sites excluding steroid dienone is 2. The molecule has 0 spiro atoms. The molecule has 2 amide bonds. The lowest BCUT2D eigenvalue weighted by Crippen LogP contribution is -2.31. The quantitative estimate of drug-likeness (QED) is 0.562. The van der Waals surface area contributed by atoms with Crippen LogP contribution < -0.4 is 4.90 Å². The summed E-state index contributed by atoms with van der Waals surface area (Å²) >= 11 is 0. The summed E-state index contributed by atoms with van der Waals surface area (Å²) in [4.78, 5) is 38.7. The van der Waals surface area contributed by atoms with Crippen LogP contribution in [0.2, 0.25) is 0 Å². The van der Waals surface area contributed by atoms with Crippen molar-refractivity contribution in [2.75, 3.05) is 32.8 Å². The van der Waals surface area contributed by atoms with Crippen LogP contribution in [0.15, 0.2) is 48.0 Å². The molecule has 0 aromatic heterocycles. The van der Waals surface area contributed by atoms with Crippen LogP contribution >= 0.6 is 0 Å². The zero-order valence-corrected chi connectivity index (χ0v) is 16.4. The number of carbonyl (C=O) groups excluding carboxylic acids is 3. The molecule has 0 saturated carbocycles. The standard InChI is InChI=1S/C20H22N2O7/c1-26-18(23)21-12-15(29-20(25)28-3)9-8-14(21)10-13-11-22(19(24)27-2)17-7-5-4-6-16(13)17/h4-8,12-13H,9-11H2,1-3H3. The molecule has 0 fully saturated rings. The van der Waals surface area contributed by atoms with Gasteiger partial charge in [0.15, 0.2) is 0 Å². The highest BCUT2D eigenvalue weighted by atomic mass is 16.7. The minimum atomic E-state index is -0.864. The normalized spacial score (nSPS) is 17.7. The second kappa shape index (κ2) is 8.68. The Morgan fingerprint density at radius 3 is 2.45 bits per heavy atom. The number of benzene rings is 1. The molecule has 0 radical (unpaired) electrons. The first-order chi connectivity index (χ1) is 14.0. The van der Waals surface area contributed by atoms with E-state index in [4.69, 9.17) is 14.2 Å². The Morgan fingerprint density at radius 1 is 1.03 bits per heavy atom. The number of para-hydroxylation sites is 1. The van der Waals surface area contributed by atoms with E-state index < -0.39 is 18.3 Å². The molecule has 2 heterocycles. The van der Waals surface area contributed by atoms with Crippen LogP contribution in [0.4, 0.5) is 20.1 Å². The van der Waals surface area contributed by atoms with Gasteiger partial charge in [0.05, 0.1) is 33.2 Å². The van der Waals surface area contributed by atoms with Gasteiger partial charge in [-0.3, -0.25) is 9.80 Å². The second-order valence-electron chi connectivity index (χ2n) is 6.43. The topological polar surface area (TPSA) is 94.6 Å². The molecule has 0 aliphatic carbocycles. The van der Waals surface area contributed by atoms with Gasteiger partial charge < -0.3 is 18.9 Å². The minimum absolute atomic E-state index is 0.0415. The Labute approximate surface area is 168 Å². The van der Waals surface area contributed by atoms with Crippen molar-refractivity contribution in [2.45, 2.75) is 18.8 Å². The first-order valence-corrected chi connectivity index (χ1v) is 8.95. The molecule has 0 saturated heterocycles. The van der Waals surface area contributed by atoms with Crippen molar-refractivity contribution in [3.63, 3.8) is 0 Å². The second-order valence-corrected chi connectivity index (χ2v) is 6.43. The van der Waals surface area contributed by atoms with Crippen molar-refractivity contribution in [1.82, 2.24) is 4.90 Å². The molecule has 2 aliphatic heterocycles. The monoisotopic (exact) mass is 402 g/mol. The molecule has 1 atom stereocenters. The minimum Gasteiger partial charge on any atom is -0.452 e. The number of amides is 2. The van der Waals surface area contributed by atoms with E-state index in [-0.39, 0.29) is 11.7 Å². The van der Waals surface area contributed by atoms with E-state index in [0.717, 1.165) is 11.3 Å². The van der Waals surface area contributed by atoms with Crippen LogP contribution in [0.3, 0.4) is 0 Å². The average Bonchev–Trinajstić information content (AvgIpc) is 3.12. The van der Waals surface area contributed by atoms with Gasteiger partial charge in [0.25, 0.3) is 0 Å². The van der Waals surface area contributed by atoms with Crippen molar-refractivity contribution in [1.29, 1.82) is 0 Å². The molecule has 9 nitrogen and oxygen atoms in total. The number of rotatable bonds is 3. The third-order valence-corrected chi connectivity index (χ3v) is 4.79. The van der Waals surface area contributed by atoms with Crippen LogP contribution in [-0.2, 0) is 18.9 Å². The molecule has 3 rings (SSSR count). The Balaban J connectivity index is 1.82. The fraction of sp³-hybridized carbons (Fsp3) is 0.350. The molecule has 9 heteroatoms. The SMILES string of the molecule is COC(=O)OC1=CN(C(=O)OC)C(CC2CN(C(=O)OC)c3ccccc32)=CC1. The first-order valence-electron chi connectivity index (χ1n) is 8.95.